The number of pyridine rings is 2. The van der Waals surface area contributed by atoms with E-state index in [1.165, 1.54) is 37.6 Å². The number of anilines is 1. The van der Waals surface area contributed by atoms with Gasteiger partial charge in [0.15, 0.2) is 5.65 Å². The van der Waals surface area contributed by atoms with Gasteiger partial charge in [0, 0.05) is 30.6 Å². The van der Waals surface area contributed by atoms with Gasteiger partial charge in [0.1, 0.15) is 23.0 Å². The zero-order valence-electron chi connectivity index (χ0n) is 22.1. The van der Waals surface area contributed by atoms with Crippen LogP contribution in [0.2, 0.25) is 0 Å². The number of halogens is 4. The van der Waals surface area contributed by atoms with Crippen LogP contribution in [-0.4, -0.2) is 39.4 Å². The van der Waals surface area contributed by atoms with Crippen LogP contribution in [0, 0.1) is 29.4 Å². The minimum atomic E-state index is -3.12. The van der Waals surface area contributed by atoms with Crippen molar-refractivity contribution in [2.24, 2.45) is 17.8 Å². The molecule has 0 spiro atoms. The predicted molar refractivity (Wildman–Crippen MR) is 142 cm³/mol. The molecule has 4 aliphatic carbocycles. The molecule has 0 unspecified atom stereocenters. The molecule has 8 rings (SSSR count). The molecule has 3 aromatic rings. The number of rotatable bonds is 4. The molecule has 41 heavy (non-hydrogen) atoms. The van der Waals surface area contributed by atoms with Crippen LogP contribution in [0.4, 0.5) is 23.4 Å². The van der Waals surface area contributed by atoms with Gasteiger partial charge >= 0.3 is 0 Å². The fourth-order valence-electron chi connectivity index (χ4n) is 7.97. The second-order valence-corrected chi connectivity index (χ2v) is 12.4. The van der Waals surface area contributed by atoms with Gasteiger partial charge in [-0.2, -0.15) is 0 Å². The van der Waals surface area contributed by atoms with Crippen molar-refractivity contribution in [2.75, 3.05) is 11.4 Å². The number of piperidine rings is 1. The Kier molecular flexibility index (Phi) is 5.82. The van der Waals surface area contributed by atoms with Gasteiger partial charge in [-0.15, -0.1) is 0 Å². The van der Waals surface area contributed by atoms with E-state index in [1.807, 2.05) is 0 Å². The van der Waals surface area contributed by atoms with E-state index in [0.29, 0.717) is 23.8 Å². The first-order valence-electron chi connectivity index (χ1n) is 14.0. The van der Waals surface area contributed by atoms with Crippen molar-refractivity contribution >= 4 is 28.7 Å². The number of carbonyl (C=O) groups excluding carboxylic acids is 2. The number of aromatic nitrogens is 2. The lowest BCUT2D eigenvalue weighted by molar-refractivity contribution is -0.125. The highest BCUT2D eigenvalue weighted by Crippen LogP contribution is 2.55. The molecule has 0 radical (unpaired) electrons. The SMILES string of the molecule is O=C(NC12CC3CC(CC(C3)C1)C2)c1cn(-c2ccc(F)cc2F)c2nc(N3CC(F)(F)CCC3=O)ccc2c1=O. The highest BCUT2D eigenvalue weighted by Gasteiger charge is 2.51. The van der Waals surface area contributed by atoms with Gasteiger partial charge in [-0.3, -0.25) is 23.9 Å². The molecule has 2 aromatic heterocycles. The molecule has 4 bridgehead atoms. The summed E-state index contributed by atoms with van der Waals surface area (Å²) >= 11 is 0. The molecule has 5 aliphatic rings. The summed E-state index contributed by atoms with van der Waals surface area (Å²) in [6, 6.07) is 5.40. The van der Waals surface area contributed by atoms with Crippen molar-refractivity contribution in [1.82, 2.24) is 14.9 Å². The first-order valence-corrected chi connectivity index (χ1v) is 14.0. The third-order valence-corrected chi connectivity index (χ3v) is 9.34. The maximum Gasteiger partial charge on any atom is 0.266 e. The topological polar surface area (TPSA) is 84.3 Å². The second-order valence-electron chi connectivity index (χ2n) is 12.4. The maximum atomic E-state index is 15.1. The number of benzene rings is 1. The molecule has 5 fully saturated rings. The van der Waals surface area contributed by atoms with Gasteiger partial charge in [-0.05, 0) is 80.5 Å². The van der Waals surface area contributed by atoms with E-state index in [9.17, 15) is 27.6 Å². The van der Waals surface area contributed by atoms with Crippen LogP contribution in [0.1, 0.15) is 61.7 Å². The number of carbonyl (C=O) groups is 2. The summed E-state index contributed by atoms with van der Waals surface area (Å²) in [7, 11) is 0. The highest BCUT2D eigenvalue weighted by molar-refractivity contribution is 5.99. The van der Waals surface area contributed by atoms with Gasteiger partial charge < -0.3 is 5.32 Å². The number of nitrogens with one attached hydrogen (secondary N) is 1. The number of amides is 2. The van der Waals surface area contributed by atoms with Crippen LogP contribution >= 0.6 is 0 Å². The van der Waals surface area contributed by atoms with Crippen molar-refractivity contribution in [1.29, 1.82) is 0 Å². The third kappa shape index (κ3) is 4.49. The van der Waals surface area contributed by atoms with Crippen LogP contribution in [0.25, 0.3) is 16.7 Å². The lowest BCUT2D eigenvalue weighted by atomic mass is 9.53. The Hall–Kier alpha value is -3.76. The fraction of sp³-hybridized carbons (Fsp3) is 0.467. The minimum absolute atomic E-state index is 0.0631. The lowest BCUT2D eigenvalue weighted by Gasteiger charge is -2.56. The number of alkyl halides is 2. The molecule has 4 saturated carbocycles. The van der Waals surface area contributed by atoms with E-state index in [2.05, 4.69) is 10.3 Å². The van der Waals surface area contributed by atoms with Crippen LogP contribution in [0.5, 0.6) is 0 Å². The van der Waals surface area contributed by atoms with Gasteiger partial charge in [0.25, 0.3) is 11.8 Å². The Morgan fingerprint density at radius 3 is 2.32 bits per heavy atom. The fourth-order valence-corrected chi connectivity index (χ4v) is 7.97. The first-order chi connectivity index (χ1) is 19.5. The van der Waals surface area contributed by atoms with E-state index in [4.69, 9.17) is 0 Å². The van der Waals surface area contributed by atoms with Crippen LogP contribution in [0.15, 0.2) is 41.3 Å². The number of nitrogens with zero attached hydrogens (tertiary/aromatic N) is 3. The van der Waals surface area contributed by atoms with Crippen molar-refractivity contribution in [3.8, 4) is 5.69 Å². The van der Waals surface area contributed by atoms with E-state index >= 15 is 4.39 Å². The first kappa shape index (κ1) is 26.2. The quantitative estimate of drug-likeness (QED) is 0.443. The summed E-state index contributed by atoms with van der Waals surface area (Å²) in [5.41, 5.74) is -1.62. The number of hydrogen-bond donors (Lipinski definition) is 1. The van der Waals surface area contributed by atoms with Crippen molar-refractivity contribution in [2.45, 2.75) is 62.8 Å². The molecular formula is C30H28F4N4O3. The molecule has 7 nitrogen and oxygen atoms in total. The summed E-state index contributed by atoms with van der Waals surface area (Å²) < 4.78 is 58.4. The van der Waals surface area contributed by atoms with Gasteiger partial charge in [0.2, 0.25) is 11.3 Å². The molecule has 214 valence electrons. The average Bonchev–Trinajstić information content (AvgIpc) is 2.89. The Morgan fingerprint density at radius 1 is 0.976 bits per heavy atom. The van der Waals surface area contributed by atoms with Crippen molar-refractivity contribution in [3.05, 3.63) is 63.9 Å². The zero-order chi connectivity index (χ0) is 28.7. The molecular weight excluding hydrogens is 540 g/mol. The third-order valence-electron chi connectivity index (χ3n) is 9.34. The minimum Gasteiger partial charge on any atom is -0.346 e. The smallest absolute Gasteiger partial charge is 0.266 e. The zero-order valence-corrected chi connectivity index (χ0v) is 22.1. The standard InChI is InChI=1S/C30H28F4N4O3/c31-19-1-3-23(22(32)10-19)37-14-21(28(41)36-29-11-16-7-17(12-29)9-18(8-16)13-29)26(40)20-2-4-24(35-27(20)37)38-15-30(33,34)6-5-25(38)39/h1-4,10,14,16-18H,5-9,11-13,15H2,(H,36,41). The summed E-state index contributed by atoms with van der Waals surface area (Å²) in [5.74, 6) is -4.54. The summed E-state index contributed by atoms with van der Waals surface area (Å²) in [4.78, 5) is 45.1. The van der Waals surface area contributed by atoms with Crippen molar-refractivity contribution in [3.63, 3.8) is 0 Å². The molecule has 0 atom stereocenters. The van der Waals surface area contributed by atoms with Crippen LogP contribution in [-0.2, 0) is 4.79 Å². The largest absolute Gasteiger partial charge is 0.346 e. The predicted octanol–water partition coefficient (Wildman–Crippen LogP) is 5.12. The van der Waals surface area contributed by atoms with E-state index in [-0.39, 0.29) is 40.1 Å². The van der Waals surface area contributed by atoms with E-state index < -0.39 is 47.8 Å². The number of fused-ring (bicyclic) bond motifs is 1. The van der Waals surface area contributed by atoms with Gasteiger partial charge in [0.05, 0.1) is 17.6 Å². The van der Waals surface area contributed by atoms with Crippen LogP contribution in [0.3, 0.4) is 0 Å². The molecule has 1 saturated heterocycles. The molecule has 1 aromatic carbocycles. The maximum absolute atomic E-state index is 15.1. The van der Waals surface area contributed by atoms with Crippen LogP contribution < -0.4 is 15.6 Å². The molecule has 2 amide bonds. The summed E-state index contributed by atoms with van der Waals surface area (Å²) in [5, 5.41) is 3.10. The Balaban J connectivity index is 1.34. The van der Waals surface area contributed by atoms with Gasteiger partial charge in [-0.25, -0.2) is 22.5 Å². The number of hydrogen-bond acceptors (Lipinski definition) is 4. The molecule has 3 heterocycles. The Bertz CT molecular complexity index is 1630. The Morgan fingerprint density at radius 2 is 1.66 bits per heavy atom. The highest BCUT2D eigenvalue weighted by atomic mass is 19.3. The van der Waals surface area contributed by atoms with Gasteiger partial charge in [-0.1, -0.05) is 0 Å². The summed E-state index contributed by atoms with van der Waals surface area (Å²) in [6.07, 6.45) is 6.29. The second kappa shape index (κ2) is 9.12. The normalized spacial score (nSPS) is 28.3. The lowest BCUT2D eigenvalue weighted by Crippen LogP contribution is -2.60. The van der Waals surface area contributed by atoms with E-state index in [1.54, 1.807) is 0 Å². The average molecular weight is 569 g/mol. The molecule has 1 aliphatic heterocycles. The van der Waals surface area contributed by atoms with Crippen molar-refractivity contribution < 1.29 is 27.2 Å². The molecule has 11 heteroatoms. The summed E-state index contributed by atoms with van der Waals surface area (Å²) in [6.45, 7) is -0.884. The molecule has 1 N–H and O–H groups in total. The monoisotopic (exact) mass is 568 g/mol. The van der Waals surface area contributed by atoms with E-state index in [0.717, 1.165) is 40.9 Å². The Labute approximate surface area is 232 Å².